The summed E-state index contributed by atoms with van der Waals surface area (Å²) in [7, 11) is -16.1. The minimum atomic E-state index is -4.32. The number of sulfone groups is 1. The molecule has 0 aliphatic carbocycles. The van der Waals surface area contributed by atoms with E-state index in [9.17, 15) is 35.6 Å². The maximum absolute atomic E-state index is 13.3. The molecule has 0 saturated carbocycles. The molecule has 0 bridgehead atoms. The summed E-state index contributed by atoms with van der Waals surface area (Å²) in [6, 6.07) is 25.1. The highest BCUT2D eigenvalue weighted by Gasteiger charge is 2.32. The fraction of sp³-hybridized carbons (Fsp3) is 0.227. The molecule has 2 heterocycles. The van der Waals surface area contributed by atoms with Gasteiger partial charge in [0.2, 0.25) is 17.4 Å². The van der Waals surface area contributed by atoms with Gasteiger partial charge in [-0.3, -0.25) is 23.2 Å². The molecule has 6 rings (SSSR count). The minimum Gasteiger partial charge on any atom is -0.382 e. The van der Waals surface area contributed by atoms with Gasteiger partial charge in [-0.05, 0) is 87.7 Å². The minimum absolute atomic E-state index is 0.0222. The van der Waals surface area contributed by atoms with Crippen molar-refractivity contribution in [1.29, 1.82) is 0 Å². The first kappa shape index (κ1) is 51.2. The van der Waals surface area contributed by atoms with Crippen LogP contribution in [0.25, 0.3) is 22.5 Å². The van der Waals surface area contributed by atoms with Crippen molar-refractivity contribution in [3.63, 3.8) is 0 Å². The first-order chi connectivity index (χ1) is 32.2. The number of hydrogen-bond acceptors (Lipinski definition) is 17. The van der Waals surface area contributed by atoms with Crippen LogP contribution in [0.3, 0.4) is 0 Å². The average Bonchev–Trinajstić information content (AvgIpc) is 3.28. The zero-order valence-corrected chi connectivity index (χ0v) is 40.7. The van der Waals surface area contributed by atoms with Crippen molar-refractivity contribution in [3.05, 3.63) is 132 Å². The molecule has 0 spiro atoms. The van der Waals surface area contributed by atoms with Crippen molar-refractivity contribution in [1.82, 2.24) is 24.4 Å². The van der Waals surface area contributed by atoms with Crippen LogP contribution in [0.1, 0.15) is 52.4 Å². The predicted octanol–water partition coefficient (Wildman–Crippen LogP) is 7.33. The van der Waals surface area contributed by atoms with Crippen LogP contribution < -0.4 is 26.6 Å². The highest BCUT2D eigenvalue weighted by molar-refractivity contribution is 7.98. The van der Waals surface area contributed by atoms with Gasteiger partial charge in [0, 0.05) is 29.2 Å². The van der Waals surface area contributed by atoms with E-state index >= 15 is 0 Å². The Balaban J connectivity index is 0.983. The molecule has 7 N–H and O–H groups in total. The molecule has 0 fully saturated rings. The zero-order chi connectivity index (χ0) is 49.3. The van der Waals surface area contributed by atoms with Crippen molar-refractivity contribution in [2.24, 2.45) is 0 Å². The second-order valence-electron chi connectivity index (χ2n) is 15.1. The number of benzene rings is 4. The fourth-order valence-corrected chi connectivity index (χ4v) is 14.1. The normalized spacial score (nSPS) is 12.8. The molecule has 6 aromatic rings. The van der Waals surface area contributed by atoms with Crippen LogP contribution in [-0.2, 0) is 49.0 Å². The van der Waals surface area contributed by atoms with Crippen LogP contribution in [0.5, 0.6) is 0 Å². The van der Waals surface area contributed by atoms with E-state index in [-0.39, 0.29) is 64.0 Å². The third-order valence-corrected chi connectivity index (χ3v) is 18.6. The van der Waals surface area contributed by atoms with Gasteiger partial charge in [-0.15, -0.1) is 4.49 Å². The molecule has 2 amide bonds. The van der Waals surface area contributed by atoms with Gasteiger partial charge in [-0.2, -0.15) is 0 Å². The largest absolute Gasteiger partial charge is 0.419 e. The molecule has 68 heavy (non-hydrogen) atoms. The molecule has 1 unspecified atom stereocenters. The fourth-order valence-electron chi connectivity index (χ4n) is 6.40. The average molecular weight is 1010 g/mol. The second-order valence-corrected chi connectivity index (χ2v) is 23.9. The van der Waals surface area contributed by atoms with Crippen molar-refractivity contribution in [2.45, 2.75) is 43.4 Å². The maximum Gasteiger partial charge on any atom is 0.419 e. The third kappa shape index (κ3) is 13.5. The van der Waals surface area contributed by atoms with Gasteiger partial charge < -0.3 is 26.6 Å². The van der Waals surface area contributed by atoms with Crippen LogP contribution in [0.2, 0.25) is 0 Å². The summed E-state index contributed by atoms with van der Waals surface area (Å²) in [6.07, 6.45) is 3.80. The summed E-state index contributed by atoms with van der Waals surface area (Å²) < 4.78 is 95.9. The molecule has 0 aliphatic rings. The number of hydrogen-bond donors (Lipinski definition) is 5. The summed E-state index contributed by atoms with van der Waals surface area (Å²) in [5.41, 5.74) is 15.5. The van der Waals surface area contributed by atoms with Gasteiger partial charge in [0.1, 0.15) is 5.49 Å². The Labute approximate surface area is 393 Å². The first-order valence-corrected chi connectivity index (χ1v) is 27.7. The zero-order valence-electron chi connectivity index (χ0n) is 37.3. The Kier molecular flexibility index (Phi) is 16.4. The van der Waals surface area contributed by atoms with Crippen LogP contribution in [0.4, 0.5) is 23.0 Å². The number of anilines is 4. The molecule has 4 aromatic carbocycles. The van der Waals surface area contributed by atoms with E-state index in [1.54, 1.807) is 12.1 Å². The standard InChI is InChI=1S/C44H49N9O11P2S2/c1-5-62-66(57,63-6-2)53-68(60,61)36-23-19-34(20-24-36)50-44(55)40-42(46)48-27-38(52-40)32-15-11-30(12-16-32)8-7-25-64-65(4,56)28-67(58,59)35-21-17-33(18-22-35)49-43(54)39-41(45)47-26-37(51-39)31-13-9-29(3)10-14-31/h9-24,26-27H,5-8,25,28H2,1-4H3,(H2,45,47)(H2,46,48)(H,49,54)(H,50,55)(H,53,57). The van der Waals surface area contributed by atoms with E-state index in [1.807, 2.05) is 47.8 Å². The van der Waals surface area contributed by atoms with Crippen LogP contribution in [0, 0.1) is 6.92 Å². The van der Waals surface area contributed by atoms with Crippen molar-refractivity contribution in [3.8, 4) is 22.5 Å². The monoisotopic (exact) mass is 1010 g/mol. The van der Waals surface area contributed by atoms with Crippen molar-refractivity contribution < 1.29 is 49.1 Å². The number of carbonyl (C=O) groups excluding carboxylic acids is 2. The molecule has 0 saturated heterocycles. The number of nitrogens with two attached hydrogens (primary N) is 2. The molecule has 24 heteroatoms. The van der Waals surface area contributed by atoms with Gasteiger partial charge in [0.05, 0.1) is 53.4 Å². The van der Waals surface area contributed by atoms with E-state index in [2.05, 4.69) is 30.6 Å². The van der Waals surface area contributed by atoms with E-state index < -0.39 is 52.3 Å². The summed E-state index contributed by atoms with van der Waals surface area (Å²) >= 11 is 0. The van der Waals surface area contributed by atoms with Crippen LogP contribution in [-0.4, -0.2) is 80.6 Å². The smallest absolute Gasteiger partial charge is 0.382 e. The number of sulfonamides is 1. The third-order valence-electron chi connectivity index (χ3n) is 9.73. The van der Waals surface area contributed by atoms with E-state index in [4.69, 9.17) is 25.0 Å². The van der Waals surface area contributed by atoms with Gasteiger partial charge in [-0.25, -0.2) is 41.3 Å². The van der Waals surface area contributed by atoms with Gasteiger partial charge >= 0.3 is 7.75 Å². The lowest BCUT2D eigenvalue weighted by atomic mass is 10.1. The number of aryl methyl sites for hydroxylation is 2. The van der Waals surface area contributed by atoms with E-state index in [1.165, 1.54) is 81.4 Å². The summed E-state index contributed by atoms with van der Waals surface area (Å²) in [6.45, 7) is 6.20. The van der Waals surface area contributed by atoms with Gasteiger partial charge in [0.25, 0.3) is 11.8 Å². The lowest BCUT2D eigenvalue weighted by molar-refractivity contribution is 0.101. The number of nitrogens with zero attached hydrogens (tertiary/aromatic N) is 4. The van der Waals surface area contributed by atoms with Gasteiger partial charge in [-0.1, -0.05) is 54.1 Å². The van der Waals surface area contributed by atoms with E-state index in [0.717, 1.165) is 16.7 Å². The molecule has 1 atom stereocenters. The quantitative estimate of drug-likeness (QED) is 0.0348. The maximum atomic E-state index is 13.3. The van der Waals surface area contributed by atoms with Crippen molar-refractivity contribution >= 4 is 69.8 Å². The number of nitrogens with one attached hydrogen (secondary N) is 3. The Morgan fingerprint density at radius 1 is 0.647 bits per heavy atom. The number of rotatable bonds is 21. The molecule has 0 aliphatic heterocycles. The summed E-state index contributed by atoms with van der Waals surface area (Å²) in [4.78, 5) is 43.0. The molecular formula is C44H49N9O11P2S2. The number of nitrogen functional groups attached to an aromatic ring is 2. The number of carbonyl (C=O) groups is 2. The van der Waals surface area contributed by atoms with Crippen LogP contribution >= 0.6 is 15.1 Å². The predicted molar refractivity (Wildman–Crippen MR) is 258 cm³/mol. The molecule has 358 valence electrons. The Morgan fingerprint density at radius 3 is 1.57 bits per heavy atom. The summed E-state index contributed by atoms with van der Waals surface area (Å²) in [5, 5.41) is 5.26. The topological polar surface area (TPSA) is 304 Å². The highest BCUT2D eigenvalue weighted by atomic mass is 32.2. The lowest BCUT2D eigenvalue weighted by Crippen LogP contribution is -2.23. The second kappa shape index (κ2) is 21.8. The van der Waals surface area contributed by atoms with Gasteiger partial charge in [0.15, 0.2) is 32.9 Å². The number of amides is 2. The Hall–Kier alpha value is -6.22. The Morgan fingerprint density at radius 2 is 1.10 bits per heavy atom. The summed E-state index contributed by atoms with van der Waals surface area (Å²) in [5.74, 6) is -1.57. The van der Waals surface area contributed by atoms with E-state index in [0.29, 0.717) is 29.8 Å². The molecular weight excluding hydrogens is 957 g/mol. The highest BCUT2D eigenvalue weighted by Crippen LogP contribution is 2.46. The first-order valence-electron chi connectivity index (χ1n) is 20.8. The Bertz CT molecular complexity index is 3100. The molecule has 0 radical (unpaired) electrons. The molecule has 20 nitrogen and oxygen atoms in total. The SMILES string of the molecule is CCOP(=O)(NS(=O)(=O)c1ccc(NC(=O)c2nc(-c3ccc(CCCOP(C)(=O)CS(=O)(=O)c4ccc(NC(=O)c5nc(-c6ccc(C)cc6)cnc5N)cc4)cc3)cnc2N)cc1)OCC. The lowest BCUT2D eigenvalue weighted by Gasteiger charge is -2.17. The molecule has 2 aromatic heterocycles. The number of aromatic nitrogens is 4. The van der Waals surface area contributed by atoms with Crippen LogP contribution in [0.15, 0.2) is 119 Å². The van der Waals surface area contributed by atoms with Crippen molar-refractivity contribution in [2.75, 3.05) is 54.1 Å².